The molecule has 2 aromatic rings. The number of aryl methyl sites for hydroxylation is 1. The molecule has 3 rings (SSSR count). The highest BCUT2D eigenvalue weighted by atomic mass is 16.4. The van der Waals surface area contributed by atoms with Crippen LogP contribution in [0.4, 0.5) is 5.69 Å². The molecule has 7 nitrogen and oxygen atoms in total. The molecule has 0 saturated heterocycles. The second kappa shape index (κ2) is 5.44. The van der Waals surface area contributed by atoms with Gasteiger partial charge in [0.2, 0.25) is 5.91 Å². The van der Waals surface area contributed by atoms with E-state index in [9.17, 15) is 14.4 Å². The van der Waals surface area contributed by atoms with Gasteiger partial charge in [-0.15, -0.1) is 0 Å². The van der Waals surface area contributed by atoms with Crippen molar-refractivity contribution in [2.24, 2.45) is 5.10 Å². The van der Waals surface area contributed by atoms with Crippen LogP contribution in [0.2, 0.25) is 0 Å². The summed E-state index contributed by atoms with van der Waals surface area (Å²) in [6.45, 7) is 1.82. The lowest BCUT2D eigenvalue weighted by molar-refractivity contribution is -0.121. The van der Waals surface area contributed by atoms with E-state index in [4.69, 9.17) is 4.42 Å². The maximum Gasteiger partial charge on any atom is 0.336 e. The molecule has 2 heterocycles. The van der Waals surface area contributed by atoms with Crippen LogP contribution >= 0.6 is 0 Å². The molecule has 1 aromatic carbocycles. The number of fused-ring (bicyclic) bond motifs is 1. The Morgan fingerprint density at radius 3 is 2.82 bits per heavy atom. The molecule has 22 heavy (non-hydrogen) atoms. The van der Waals surface area contributed by atoms with Gasteiger partial charge in [-0.25, -0.2) is 10.2 Å². The summed E-state index contributed by atoms with van der Waals surface area (Å²) in [5, 5.41) is 7.21. The van der Waals surface area contributed by atoms with E-state index in [-0.39, 0.29) is 18.0 Å². The smallest absolute Gasteiger partial charge is 0.336 e. The lowest BCUT2D eigenvalue weighted by Gasteiger charge is -2.12. The van der Waals surface area contributed by atoms with Gasteiger partial charge in [0.25, 0.3) is 5.91 Å². The average molecular weight is 299 g/mol. The monoisotopic (exact) mass is 299 g/mol. The predicted octanol–water partition coefficient (Wildman–Crippen LogP) is 1.31. The molecule has 2 N–H and O–H groups in total. The first kappa shape index (κ1) is 14.0. The molecule has 0 bridgehead atoms. The first-order valence-corrected chi connectivity index (χ1v) is 6.74. The lowest BCUT2D eigenvalue weighted by atomic mass is 10.1. The van der Waals surface area contributed by atoms with Crippen molar-refractivity contribution in [2.45, 2.75) is 19.8 Å². The molecule has 0 fully saturated rings. The maximum absolute atomic E-state index is 12.1. The molecule has 1 aliphatic heterocycles. The molecule has 1 aromatic heterocycles. The molecule has 0 radical (unpaired) electrons. The van der Waals surface area contributed by atoms with E-state index in [0.717, 1.165) is 10.9 Å². The third kappa shape index (κ3) is 2.73. The van der Waals surface area contributed by atoms with Crippen LogP contribution in [0.1, 0.15) is 18.4 Å². The van der Waals surface area contributed by atoms with Crippen LogP contribution in [0, 0.1) is 6.92 Å². The molecule has 0 unspecified atom stereocenters. The Hall–Kier alpha value is -2.96. The van der Waals surface area contributed by atoms with Crippen molar-refractivity contribution in [2.75, 3.05) is 5.32 Å². The first-order chi connectivity index (χ1) is 10.5. The number of rotatable bonds is 2. The zero-order valence-corrected chi connectivity index (χ0v) is 11.8. The summed E-state index contributed by atoms with van der Waals surface area (Å²) in [5.74, 6) is -0.603. The van der Waals surface area contributed by atoms with E-state index < -0.39 is 11.5 Å². The second-order valence-electron chi connectivity index (χ2n) is 5.01. The number of carbonyl (C=O) groups is 2. The van der Waals surface area contributed by atoms with Crippen molar-refractivity contribution in [3.63, 3.8) is 0 Å². The van der Waals surface area contributed by atoms with E-state index >= 15 is 0 Å². The van der Waals surface area contributed by atoms with Crippen molar-refractivity contribution in [1.82, 2.24) is 5.43 Å². The Morgan fingerprint density at radius 1 is 1.27 bits per heavy atom. The third-order valence-corrected chi connectivity index (χ3v) is 3.38. The summed E-state index contributed by atoms with van der Waals surface area (Å²) >= 11 is 0. The highest BCUT2D eigenvalue weighted by Crippen LogP contribution is 2.20. The highest BCUT2D eigenvalue weighted by molar-refractivity contribution is 6.43. The number of anilines is 1. The van der Waals surface area contributed by atoms with Crippen LogP contribution in [0.15, 0.2) is 38.6 Å². The summed E-state index contributed by atoms with van der Waals surface area (Å²) in [7, 11) is 0. The summed E-state index contributed by atoms with van der Waals surface area (Å²) < 4.78 is 5.13. The van der Waals surface area contributed by atoms with Crippen LogP contribution in [-0.4, -0.2) is 17.5 Å². The first-order valence-electron chi connectivity index (χ1n) is 6.74. The number of benzene rings is 1. The topological polar surface area (TPSA) is 101 Å². The number of nitrogens with zero attached hydrogens (tertiary/aromatic N) is 1. The van der Waals surface area contributed by atoms with E-state index in [1.807, 2.05) is 6.92 Å². The van der Waals surface area contributed by atoms with Crippen molar-refractivity contribution in [3.05, 3.63) is 40.2 Å². The summed E-state index contributed by atoms with van der Waals surface area (Å²) in [4.78, 5) is 34.5. The Labute approximate surface area is 125 Å². The van der Waals surface area contributed by atoms with Gasteiger partial charge in [-0.2, -0.15) is 5.10 Å². The van der Waals surface area contributed by atoms with Crippen molar-refractivity contribution in [3.8, 4) is 0 Å². The van der Waals surface area contributed by atoms with Crippen LogP contribution in [-0.2, 0) is 9.59 Å². The Morgan fingerprint density at radius 2 is 2.09 bits per heavy atom. The van der Waals surface area contributed by atoms with Crippen molar-refractivity contribution >= 4 is 34.2 Å². The molecule has 1 aliphatic rings. The summed E-state index contributed by atoms with van der Waals surface area (Å²) in [5.41, 5.74) is 3.79. The number of amides is 2. The number of carbonyl (C=O) groups excluding carboxylic acids is 2. The minimum Gasteiger partial charge on any atom is -0.423 e. The fourth-order valence-corrected chi connectivity index (χ4v) is 2.24. The molecule has 2 amide bonds. The quantitative estimate of drug-likeness (QED) is 0.816. The van der Waals surface area contributed by atoms with Crippen LogP contribution in [0.3, 0.4) is 0 Å². The summed E-state index contributed by atoms with van der Waals surface area (Å²) in [6, 6.07) is 6.49. The Bertz CT molecular complexity index is 867. The van der Waals surface area contributed by atoms with Crippen molar-refractivity contribution in [1.29, 1.82) is 0 Å². The Kier molecular flexibility index (Phi) is 3.46. The molecular weight excluding hydrogens is 286 g/mol. The molecule has 0 aliphatic carbocycles. The third-order valence-electron chi connectivity index (χ3n) is 3.38. The van der Waals surface area contributed by atoms with Gasteiger partial charge in [-0.3, -0.25) is 9.59 Å². The molecule has 7 heteroatoms. The second-order valence-corrected chi connectivity index (χ2v) is 5.01. The van der Waals surface area contributed by atoms with Gasteiger partial charge in [-0.05, 0) is 24.6 Å². The average Bonchev–Trinajstić information content (AvgIpc) is 2.47. The largest absolute Gasteiger partial charge is 0.423 e. The van der Waals surface area contributed by atoms with Gasteiger partial charge in [0, 0.05) is 36.0 Å². The zero-order valence-electron chi connectivity index (χ0n) is 11.8. The van der Waals surface area contributed by atoms with Crippen LogP contribution < -0.4 is 16.4 Å². The molecule has 0 saturated carbocycles. The predicted molar refractivity (Wildman–Crippen MR) is 80.7 cm³/mol. The van der Waals surface area contributed by atoms with E-state index in [0.29, 0.717) is 17.7 Å². The number of hydrogen-bond acceptors (Lipinski definition) is 5. The highest BCUT2D eigenvalue weighted by Gasteiger charge is 2.18. The van der Waals surface area contributed by atoms with E-state index in [1.54, 1.807) is 18.2 Å². The van der Waals surface area contributed by atoms with Gasteiger partial charge in [0.05, 0.1) is 0 Å². The SMILES string of the molecule is Cc1cc(=O)oc2cc(NC(=O)C3=NNC(=O)CC3)ccc12. The number of nitrogens with one attached hydrogen (secondary N) is 2. The van der Waals surface area contributed by atoms with Crippen molar-refractivity contribution < 1.29 is 14.0 Å². The van der Waals surface area contributed by atoms with Crippen LogP contribution in [0.25, 0.3) is 11.0 Å². The minimum absolute atomic E-state index is 0.209. The number of hydrogen-bond donors (Lipinski definition) is 2. The Balaban J connectivity index is 1.86. The molecule has 112 valence electrons. The molecular formula is C15H13N3O4. The molecule has 0 atom stereocenters. The van der Waals surface area contributed by atoms with Gasteiger partial charge in [0.1, 0.15) is 11.3 Å². The van der Waals surface area contributed by atoms with E-state index in [2.05, 4.69) is 15.8 Å². The normalized spacial score (nSPS) is 14.4. The minimum atomic E-state index is -0.437. The fraction of sp³-hybridized carbons (Fsp3) is 0.200. The standard InChI is InChI=1S/C15H13N3O4/c1-8-6-14(20)22-12-7-9(2-3-10(8)12)16-15(21)11-4-5-13(19)18-17-11/h2-3,6-7H,4-5H2,1H3,(H,16,21)(H,18,19). The van der Waals surface area contributed by atoms with Gasteiger partial charge < -0.3 is 9.73 Å². The number of hydrazone groups is 1. The molecule has 0 spiro atoms. The fourth-order valence-electron chi connectivity index (χ4n) is 2.24. The van der Waals surface area contributed by atoms with Gasteiger partial charge in [-0.1, -0.05) is 0 Å². The van der Waals surface area contributed by atoms with Gasteiger partial charge >= 0.3 is 5.63 Å². The van der Waals surface area contributed by atoms with Gasteiger partial charge in [0.15, 0.2) is 0 Å². The maximum atomic E-state index is 12.1. The zero-order chi connectivity index (χ0) is 15.7. The summed E-state index contributed by atoms with van der Waals surface area (Å²) in [6.07, 6.45) is 0.525. The lowest BCUT2D eigenvalue weighted by Crippen LogP contribution is -2.32. The van der Waals surface area contributed by atoms with Crippen LogP contribution in [0.5, 0.6) is 0 Å². The van der Waals surface area contributed by atoms with E-state index in [1.165, 1.54) is 6.07 Å².